The van der Waals surface area contributed by atoms with E-state index in [4.69, 9.17) is 0 Å². The first-order valence-corrected chi connectivity index (χ1v) is 8.05. The van der Waals surface area contributed by atoms with Gasteiger partial charge in [-0.2, -0.15) is 5.10 Å². The summed E-state index contributed by atoms with van der Waals surface area (Å²) in [6.45, 7) is 13.6. The summed E-state index contributed by atoms with van der Waals surface area (Å²) in [5.74, 6) is 0. The quantitative estimate of drug-likeness (QED) is 0.868. The molecule has 1 atom stereocenters. The van der Waals surface area contributed by atoms with Crippen LogP contribution in [0.1, 0.15) is 47.0 Å². The van der Waals surface area contributed by atoms with Crippen LogP contribution >= 0.6 is 0 Å². The highest BCUT2D eigenvalue weighted by Crippen LogP contribution is 2.31. The second-order valence-corrected chi connectivity index (χ2v) is 6.39. The van der Waals surface area contributed by atoms with Crippen molar-refractivity contribution in [2.24, 2.45) is 0 Å². The maximum atomic E-state index is 4.33. The molecule has 0 amide bonds. The molecule has 0 spiro atoms. The van der Waals surface area contributed by atoms with Gasteiger partial charge in [0.1, 0.15) is 0 Å². The lowest BCUT2D eigenvalue weighted by atomic mass is 9.82. The molecule has 1 aliphatic rings. The Bertz CT molecular complexity index is 397. The van der Waals surface area contributed by atoms with Crippen molar-refractivity contribution >= 4 is 0 Å². The average molecular weight is 278 g/mol. The SMILES string of the molecule is CCC1(C)CN(CCn2cccn2)C(CC)(CC)CN1. The van der Waals surface area contributed by atoms with Crippen LogP contribution in [0, 0.1) is 0 Å². The predicted molar refractivity (Wildman–Crippen MR) is 83.8 cm³/mol. The maximum absolute atomic E-state index is 4.33. The molecule has 1 aliphatic heterocycles. The first-order valence-electron chi connectivity index (χ1n) is 8.05. The van der Waals surface area contributed by atoms with Crippen LogP contribution in [0.15, 0.2) is 18.5 Å². The summed E-state index contributed by atoms with van der Waals surface area (Å²) in [6, 6.07) is 2.00. The van der Waals surface area contributed by atoms with Crippen molar-refractivity contribution < 1.29 is 0 Å². The van der Waals surface area contributed by atoms with Crippen LogP contribution in [0.5, 0.6) is 0 Å². The minimum Gasteiger partial charge on any atom is -0.308 e. The number of hydrogen-bond acceptors (Lipinski definition) is 3. The van der Waals surface area contributed by atoms with Crippen LogP contribution in [0.3, 0.4) is 0 Å². The fourth-order valence-electron chi connectivity index (χ4n) is 3.29. The second-order valence-electron chi connectivity index (χ2n) is 6.39. The van der Waals surface area contributed by atoms with Crippen LogP contribution < -0.4 is 5.32 Å². The number of piperazine rings is 1. The predicted octanol–water partition coefficient (Wildman–Crippen LogP) is 2.52. The zero-order valence-electron chi connectivity index (χ0n) is 13.5. The molecular formula is C16H30N4. The van der Waals surface area contributed by atoms with Gasteiger partial charge in [0, 0.05) is 43.1 Å². The molecule has 2 heterocycles. The average Bonchev–Trinajstić information content (AvgIpc) is 2.99. The van der Waals surface area contributed by atoms with Gasteiger partial charge in [0.15, 0.2) is 0 Å². The minimum atomic E-state index is 0.248. The van der Waals surface area contributed by atoms with Gasteiger partial charge < -0.3 is 5.32 Å². The van der Waals surface area contributed by atoms with E-state index in [1.54, 1.807) is 0 Å². The van der Waals surface area contributed by atoms with E-state index in [1.165, 1.54) is 19.3 Å². The summed E-state index contributed by atoms with van der Waals surface area (Å²) in [7, 11) is 0. The normalized spacial score (nSPS) is 26.8. The molecule has 0 bridgehead atoms. The molecule has 0 radical (unpaired) electrons. The number of hydrogen-bond donors (Lipinski definition) is 1. The van der Waals surface area contributed by atoms with Crippen molar-refractivity contribution in [2.45, 2.75) is 64.6 Å². The lowest BCUT2D eigenvalue weighted by molar-refractivity contribution is -0.000472. The summed E-state index contributed by atoms with van der Waals surface area (Å²) in [5.41, 5.74) is 0.555. The molecule has 0 aliphatic carbocycles. The topological polar surface area (TPSA) is 33.1 Å². The molecule has 114 valence electrons. The van der Waals surface area contributed by atoms with Crippen molar-refractivity contribution in [3.05, 3.63) is 18.5 Å². The van der Waals surface area contributed by atoms with Crippen LogP contribution in [0.4, 0.5) is 0 Å². The van der Waals surface area contributed by atoms with E-state index in [2.05, 4.69) is 49.2 Å². The lowest BCUT2D eigenvalue weighted by Crippen LogP contribution is -2.69. The standard InChI is InChI=1S/C16H30N4/c1-5-15(4)14-19(11-12-20-10-8-9-18-20)16(6-2,7-3)13-17-15/h8-10,17H,5-7,11-14H2,1-4H3. The molecular weight excluding hydrogens is 248 g/mol. The summed E-state index contributed by atoms with van der Waals surface area (Å²) in [5, 5.41) is 8.13. The van der Waals surface area contributed by atoms with Gasteiger partial charge in [-0.15, -0.1) is 0 Å². The first kappa shape index (κ1) is 15.5. The Morgan fingerprint density at radius 1 is 1.15 bits per heavy atom. The van der Waals surface area contributed by atoms with Gasteiger partial charge >= 0.3 is 0 Å². The van der Waals surface area contributed by atoms with Gasteiger partial charge in [-0.25, -0.2) is 0 Å². The van der Waals surface area contributed by atoms with E-state index in [0.717, 1.165) is 26.2 Å². The van der Waals surface area contributed by atoms with Crippen LogP contribution in [0.2, 0.25) is 0 Å². The molecule has 1 saturated heterocycles. The molecule has 1 N–H and O–H groups in total. The highest BCUT2D eigenvalue weighted by atomic mass is 15.3. The van der Waals surface area contributed by atoms with E-state index in [0.29, 0.717) is 5.54 Å². The van der Waals surface area contributed by atoms with Crippen molar-refractivity contribution in [2.75, 3.05) is 19.6 Å². The van der Waals surface area contributed by atoms with Gasteiger partial charge in [-0.1, -0.05) is 20.8 Å². The molecule has 4 heteroatoms. The van der Waals surface area contributed by atoms with Gasteiger partial charge in [-0.3, -0.25) is 9.58 Å². The first-order chi connectivity index (χ1) is 9.57. The van der Waals surface area contributed by atoms with E-state index in [-0.39, 0.29) is 5.54 Å². The molecule has 4 nitrogen and oxygen atoms in total. The van der Waals surface area contributed by atoms with E-state index >= 15 is 0 Å². The number of nitrogens with one attached hydrogen (secondary N) is 1. The third-order valence-corrected chi connectivity index (χ3v) is 5.31. The molecule has 20 heavy (non-hydrogen) atoms. The third kappa shape index (κ3) is 3.07. The summed E-state index contributed by atoms with van der Waals surface area (Å²) < 4.78 is 2.04. The molecule has 1 fully saturated rings. The fraction of sp³-hybridized carbons (Fsp3) is 0.812. The van der Waals surface area contributed by atoms with Gasteiger partial charge in [0.25, 0.3) is 0 Å². The summed E-state index contributed by atoms with van der Waals surface area (Å²) in [6.07, 6.45) is 7.50. The van der Waals surface area contributed by atoms with Crippen LogP contribution in [-0.4, -0.2) is 45.4 Å². The maximum Gasteiger partial charge on any atom is 0.0536 e. The van der Waals surface area contributed by atoms with Crippen molar-refractivity contribution in [1.82, 2.24) is 20.0 Å². The van der Waals surface area contributed by atoms with Crippen molar-refractivity contribution in [3.63, 3.8) is 0 Å². The van der Waals surface area contributed by atoms with E-state index in [9.17, 15) is 0 Å². The Hall–Kier alpha value is -0.870. The lowest BCUT2D eigenvalue weighted by Gasteiger charge is -2.53. The van der Waals surface area contributed by atoms with Gasteiger partial charge in [-0.05, 0) is 32.3 Å². The monoisotopic (exact) mass is 278 g/mol. The zero-order chi connectivity index (χ0) is 14.6. The fourth-order valence-corrected chi connectivity index (χ4v) is 3.29. The Labute approximate surface area is 123 Å². The molecule has 2 rings (SSSR count). The van der Waals surface area contributed by atoms with Crippen molar-refractivity contribution in [3.8, 4) is 0 Å². The van der Waals surface area contributed by atoms with Gasteiger partial charge in [0.05, 0.1) is 6.54 Å². The van der Waals surface area contributed by atoms with Gasteiger partial charge in [0.2, 0.25) is 0 Å². The van der Waals surface area contributed by atoms with Crippen molar-refractivity contribution in [1.29, 1.82) is 0 Å². The number of rotatable bonds is 6. The number of nitrogens with zero attached hydrogens (tertiary/aromatic N) is 3. The zero-order valence-corrected chi connectivity index (χ0v) is 13.5. The molecule has 0 saturated carbocycles. The molecule has 1 unspecified atom stereocenters. The number of aromatic nitrogens is 2. The molecule has 1 aromatic heterocycles. The molecule has 1 aromatic rings. The molecule has 0 aromatic carbocycles. The Balaban J connectivity index is 2.09. The summed E-state index contributed by atoms with van der Waals surface area (Å²) >= 11 is 0. The van der Waals surface area contributed by atoms with Crippen LogP contribution in [0.25, 0.3) is 0 Å². The minimum absolute atomic E-state index is 0.248. The Morgan fingerprint density at radius 3 is 2.45 bits per heavy atom. The Morgan fingerprint density at radius 2 is 1.90 bits per heavy atom. The largest absolute Gasteiger partial charge is 0.308 e. The Kier molecular flexibility index (Phi) is 4.86. The smallest absolute Gasteiger partial charge is 0.0536 e. The third-order valence-electron chi connectivity index (χ3n) is 5.31. The highest BCUT2D eigenvalue weighted by Gasteiger charge is 2.42. The highest BCUT2D eigenvalue weighted by molar-refractivity contribution is 5.02. The van der Waals surface area contributed by atoms with Crippen LogP contribution in [-0.2, 0) is 6.54 Å². The second kappa shape index (κ2) is 6.27. The summed E-state index contributed by atoms with van der Waals surface area (Å²) in [4.78, 5) is 2.70. The van der Waals surface area contributed by atoms with E-state index in [1.807, 2.05) is 16.9 Å². The van der Waals surface area contributed by atoms with E-state index < -0.39 is 0 Å².